The first-order valence-corrected chi connectivity index (χ1v) is 7.39. The lowest BCUT2D eigenvalue weighted by atomic mass is 10.2. The lowest BCUT2D eigenvalue weighted by molar-refractivity contribution is -0.140. The molecular formula is C10H10BrFN2O5S. The summed E-state index contributed by atoms with van der Waals surface area (Å²) in [5.41, 5.74) is 4.83. The molecule has 0 aliphatic carbocycles. The summed E-state index contributed by atoms with van der Waals surface area (Å²) in [6.07, 6.45) is -0.715. The minimum Gasteiger partial charge on any atom is -0.480 e. The molecule has 0 saturated heterocycles. The molecule has 7 nitrogen and oxygen atoms in total. The van der Waals surface area contributed by atoms with Crippen LogP contribution in [0.25, 0.3) is 0 Å². The molecule has 0 aromatic heterocycles. The van der Waals surface area contributed by atoms with Gasteiger partial charge in [0.25, 0.3) is 0 Å². The van der Waals surface area contributed by atoms with Gasteiger partial charge in [-0.2, -0.15) is 4.72 Å². The Morgan fingerprint density at radius 3 is 2.50 bits per heavy atom. The van der Waals surface area contributed by atoms with E-state index in [9.17, 15) is 22.4 Å². The van der Waals surface area contributed by atoms with Crippen molar-refractivity contribution in [2.24, 2.45) is 5.73 Å². The molecule has 110 valence electrons. The van der Waals surface area contributed by atoms with Gasteiger partial charge in [-0.05, 0) is 34.1 Å². The second kappa shape index (κ2) is 6.29. The fourth-order valence-corrected chi connectivity index (χ4v) is 2.73. The number of rotatable bonds is 6. The number of amides is 1. The number of carbonyl (C=O) groups excluding carboxylic acids is 1. The standard InChI is InChI=1S/C10H10BrFN2O5S/c11-6-2-1-5(3-7(6)12)20(18,19)14-8(10(16)17)4-9(13)15/h1-3,8,14H,4H2,(H2,13,15)(H,16,17). The van der Waals surface area contributed by atoms with Gasteiger partial charge in [0.05, 0.1) is 15.8 Å². The zero-order valence-electron chi connectivity index (χ0n) is 9.84. The molecule has 10 heteroatoms. The number of carboxylic acid groups (broad SMARTS) is 1. The van der Waals surface area contributed by atoms with Crippen LogP contribution in [0.2, 0.25) is 0 Å². The van der Waals surface area contributed by atoms with E-state index in [2.05, 4.69) is 15.9 Å². The Kier molecular flexibility index (Phi) is 5.20. The van der Waals surface area contributed by atoms with Gasteiger partial charge < -0.3 is 10.8 Å². The van der Waals surface area contributed by atoms with Gasteiger partial charge in [-0.3, -0.25) is 9.59 Å². The van der Waals surface area contributed by atoms with E-state index in [0.29, 0.717) is 0 Å². The third-order valence-corrected chi connectivity index (χ3v) is 4.31. The second-order valence-electron chi connectivity index (χ2n) is 3.76. The van der Waals surface area contributed by atoms with Crippen molar-refractivity contribution in [2.45, 2.75) is 17.4 Å². The van der Waals surface area contributed by atoms with Gasteiger partial charge in [0, 0.05) is 0 Å². The predicted octanol–water partition coefficient (Wildman–Crippen LogP) is 0.195. The maximum atomic E-state index is 13.3. The van der Waals surface area contributed by atoms with Crippen molar-refractivity contribution in [1.29, 1.82) is 0 Å². The number of sulfonamides is 1. The summed E-state index contributed by atoms with van der Waals surface area (Å²) in [5, 5.41) is 8.81. The normalized spacial score (nSPS) is 12.9. The summed E-state index contributed by atoms with van der Waals surface area (Å²) in [4.78, 5) is 21.1. The predicted molar refractivity (Wildman–Crippen MR) is 69.7 cm³/mol. The minimum absolute atomic E-state index is 0.0587. The Hall–Kier alpha value is -1.52. The second-order valence-corrected chi connectivity index (χ2v) is 6.33. The molecule has 1 aromatic rings. The van der Waals surface area contributed by atoms with E-state index in [-0.39, 0.29) is 4.47 Å². The molecule has 0 spiro atoms. The van der Waals surface area contributed by atoms with E-state index in [1.54, 1.807) is 4.72 Å². The van der Waals surface area contributed by atoms with Crippen molar-refractivity contribution >= 4 is 37.8 Å². The van der Waals surface area contributed by atoms with Gasteiger partial charge in [-0.1, -0.05) is 0 Å². The summed E-state index contributed by atoms with van der Waals surface area (Å²) in [7, 11) is -4.29. The molecule has 0 aliphatic rings. The third kappa shape index (κ3) is 4.25. The smallest absolute Gasteiger partial charge is 0.322 e. The van der Waals surface area contributed by atoms with Crippen molar-refractivity contribution < 1.29 is 27.5 Å². The average molecular weight is 369 g/mol. The van der Waals surface area contributed by atoms with E-state index in [4.69, 9.17) is 10.8 Å². The quantitative estimate of drug-likeness (QED) is 0.660. The minimum atomic E-state index is -4.29. The molecular weight excluding hydrogens is 359 g/mol. The highest BCUT2D eigenvalue weighted by Gasteiger charge is 2.27. The maximum Gasteiger partial charge on any atom is 0.322 e. The van der Waals surface area contributed by atoms with Crippen molar-refractivity contribution in [3.05, 3.63) is 28.5 Å². The summed E-state index contributed by atoms with van der Waals surface area (Å²) in [6, 6.07) is 1.24. The van der Waals surface area contributed by atoms with Gasteiger partial charge >= 0.3 is 5.97 Å². The first-order chi connectivity index (χ1) is 9.13. The van der Waals surface area contributed by atoms with Gasteiger partial charge in [-0.15, -0.1) is 0 Å². The number of aliphatic carboxylic acids is 1. The summed E-state index contributed by atoms with van der Waals surface area (Å²) < 4.78 is 38.9. The number of hydrogen-bond acceptors (Lipinski definition) is 4. The molecule has 20 heavy (non-hydrogen) atoms. The molecule has 4 N–H and O–H groups in total. The Balaban J connectivity index is 3.06. The number of nitrogens with one attached hydrogen (secondary N) is 1. The zero-order chi connectivity index (χ0) is 15.5. The molecule has 1 aromatic carbocycles. The van der Waals surface area contributed by atoms with Crippen molar-refractivity contribution in [3.8, 4) is 0 Å². The van der Waals surface area contributed by atoms with E-state index in [0.717, 1.165) is 18.2 Å². The molecule has 0 fully saturated rings. The Labute approximate surface area is 122 Å². The molecule has 1 unspecified atom stereocenters. The number of nitrogens with two attached hydrogens (primary N) is 1. The molecule has 1 atom stereocenters. The summed E-state index contributed by atoms with van der Waals surface area (Å²) >= 11 is 2.86. The highest BCUT2D eigenvalue weighted by Crippen LogP contribution is 2.19. The van der Waals surface area contributed by atoms with Crippen molar-refractivity contribution in [2.75, 3.05) is 0 Å². The molecule has 0 saturated carbocycles. The number of halogens is 2. The van der Waals surface area contributed by atoms with Crippen LogP contribution in [0.1, 0.15) is 6.42 Å². The van der Waals surface area contributed by atoms with Gasteiger partial charge in [0.2, 0.25) is 15.9 Å². The topological polar surface area (TPSA) is 127 Å². The summed E-state index contributed by atoms with van der Waals surface area (Å²) in [5.74, 6) is -3.37. The van der Waals surface area contributed by atoms with Crippen LogP contribution >= 0.6 is 15.9 Å². The van der Waals surface area contributed by atoms with Gasteiger partial charge in [0.1, 0.15) is 11.9 Å². The molecule has 0 aliphatic heterocycles. The SMILES string of the molecule is NC(=O)CC(NS(=O)(=O)c1ccc(Br)c(F)c1)C(=O)O. The van der Waals surface area contributed by atoms with Crippen LogP contribution < -0.4 is 10.5 Å². The van der Waals surface area contributed by atoms with Crippen LogP contribution in [0.3, 0.4) is 0 Å². The Morgan fingerprint density at radius 2 is 2.05 bits per heavy atom. The molecule has 0 heterocycles. The number of benzene rings is 1. The van der Waals surface area contributed by atoms with Crippen LogP contribution in [-0.2, 0) is 19.6 Å². The Bertz CT molecular complexity index is 649. The van der Waals surface area contributed by atoms with Crippen LogP contribution in [-0.4, -0.2) is 31.4 Å². The Morgan fingerprint density at radius 1 is 1.45 bits per heavy atom. The number of primary amides is 1. The average Bonchev–Trinajstić information content (AvgIpc) is 2.30. The molecule has 1 rings (SSSR count). The van der Waals surface area contributed by atoms with Crippen LogP contribution in [0.15, 0.2) is 27.6 Å². The fourth-order valence-electron chi connectivity index (χ4n) is 1.28. The number of hydrogen-bond donors (Lipinski definition) is 3. The third-order valence-electron chi connectivity index (χ3n) is 2.20. The molecule has 0 radical (unpaired) electrons. The number of carbonyl (C=O) groups is 2. The first kappa shape index (κ1) is 16.5. The lowest BCUT2D eigenvalue weighted by Gasteiger charge is -2.13. The fraction of sp³-hybridized carbons (Fsp3) is 0.200. The van der Waals surface area contributed by atoms with Crippen LogP contribution in [0.5, 0.6) is 0 Å². The zero-order valence-corrected chi connectivity index (χ0v) is 12.2. The van der Waals surface area contributed by atoms with Gasteiger partial charge in [-0.25, -0.2) is 12.8 Å². The van der Waals surface area contributed by atoms with Crippen LogP contribution in [0, 0.1) is 5.82 Å². The van der Waals surface area contributed by atoms with Crippen molar-refractivity contribution in [3.63, 3.8) is 0 Å². The molecule has 1 amide bonds. The van der Waals surface area contributed by atoms with Crippen molar-refractivity contribution in [1.82, 2.24) is 4.72 Å². The number of carboxylic acids is 1. The highest BCUT2D eigenvalue weighted by atomic mass is 79.9. The van der Waals surface area contributed by atoms with Crippen LogP contribution in [0.4, 0.5) is 4.39 Å². The first-order valence-electron chi connectivity index (χ1n) is 5.12. The van der Waals surface area contributed by atoms with E-state index in [1.165, 1.54) is 0 Å². The highest BCUT2D eigenvalue weighted by molar-refractivity contribution is 9.10. The van der Waals surface area contributed by atoms with E-state index >= 15 is 0 Å². The van der Waals surface area contributed by atoms with E-state index in [1.807, 2.05) is 0 Å². The maximum absolute atomic E-state index is 13.3. The monoisotopic (exact) mass is 368 g/mol. The lowest BCUT2D eigenvalue weighted by Crippen LogP contribution is -2.43. The van der Waals surface area contributed by atoms with E-state index < -0.39 is 45.1 Å². The summed E-state index contributed by atoms with van der Waals surface area (Å²) in [6.45, 7) is 0. The van der Waals surface area contributed by atoms with Gasteiger partial charge in [0.15, 0.2) is 0 Å². The largest absolute Gasteiger partial charge is 0.480 e. The molecule has 0 bridgehead atoms.